The highest BCUT2D eigenvalue weighted by atomic mass is 79.9. The van der Waals surface area contributed by atoms with Crippen molar-refractivity contribution < 1.29 is 9.53 Å². The molecule has 1 aromatic rings. The maximum atomic E-state index is 11.6. The van der Waals surface area contributed by atoms with Crippen molar-refractivity contribution in [1.82, 2.24) is 0 Å². The number of ether oxygens (including phenoxy) is 1. The minimum Gasteiger partial charge on any atom is -0.495 e. The Morgan fingerprint density at radius 1 is 1.50 bits per heavy atom. The quantitative estimate of drug-likeness (QED) is 0.649. The van der Waals surface area contributed by atoms with Crippen LogP contribution in [0.1, 0.15) is 0 Å². The molecule has 0 saturated carbocycles. The zero-order chi connectivity index (χ0) is 11.8. The molecule has 0 radical (unpaired) electrons. The van der Waals surface area contributed by atoms with Crippen LogP contribution in [0.4, 0.5) is 5.69 Å². The number of hydrogen-bond acceptors (Lipinski definition) is 3. The van der Waals surface area contributed by atoms with Gasteiger partial charge in [-0.05, 0) is 12.1 Å². The van der Waals surface area contributed by atoms with Crippen LogP contribution in [0.25, 0.3) is 0 Å². The van der Waals surface area contributed by atoms with Crippen LogP contribution in [0.15, 0.2) is 24.3 Å². The summed E-state index contributed by atoms with van der Waals surface area (Å²) in [5.41, 5.74) is 0.717. The van der Waals surface area contributed by atoms with Crippen molar-refractivity contribution in [3.05, 3.63) is 24.3 Å². The Morgan fingerprint density at radius 2 is 2.25 bits per heavy atom. The Hall–Kier alpha value is -0.680. The second kappa shape index (κ2) is 7.57. The molecule has 0 saturated heterocycles. The average molecular weight is 304 g/mol. The van der Waals surface area contributed by atoms with Crippen molar-refractivity contribution in [3.8, 4) is 5.75 Å². The standard InChI is InChI=1S/C11H14BrNO2S/c1-15-10-5-3-2-4-9(10)13-11(14)8-16-7-6-12/h2-5H,6-8H2,1H3,(H,13,14). The molecule has 1 rings (SSSR count). The molecular formula is C11H14BrNO2S. The molecule has 0 aromatic heterocycles. The Bertz CT molecular complexity index is 347. The monoisotopic (exact) mass is 303 g/mol. The third-order valence-electron chi connectivity index (χ3n) is 1.84. The third kappa shape index (κ3) is 4.45. The van der Waals surface area contributed by atoms with Gasteiger partial charge >= 0.3 is 0 Å². The van der Waals surface area contributed by atoms with Crippen LogP contribution < -0.4 is 10.1 Å². The molecule has 1 aromatic carbocycles. The maximum Gasteiger partial charge on any atom is 0.234 e. The number of anilines is 1. The molecule has 0 heterocycles. The van der Waals surface area contributed by atoms with Crippen molar-refractivity contribution in [2.75, 3.05) is 29.3 Å². The first kappa shape index (κ1) is 13.4. The van der Waals surface area contributed by atoms with Crippen molar-refractivity contribution in [2.45, 2.75) is 0 Å². The summed E-state index contributed by atoms with van der Waals surface area (Å²) in [5.74, 6) is 2.07. The molecule has 0 atom stereocenters. The fourth-order valence-corrected chi connectivity index (χ4v) is 2.35. The van der Waals surface area contributed by atoms with E-state index in [1.807, 2.05) is 24.3 Å². The van der Waals surface area contributed by atoms with Gasteiger partial charge in [-0.15, -0.1) is 0 Å². The molecule has 0 unspecified atom stereocenters. The van der Waals surface area contributed by atoms with Crippen LogP contribution >= 0.6 is 27.7 Å². The number of carbonyl (C=O) groups excluding carboxylic acids is 1. The van der Waals surface area contributed by atoms with E-state index in [0.29, 0.717) is 11.5 Å². The van der Waals surface area contributed by atoms with Gasteiger partial charge in [0.25, 0.3) is 0 Å². The smallest absolute Gasteiger partial charge is 0.234 e. The van der Waals surface area contributed by atoms with Gasteiger partial charge in [0.2, 0.25) is 5.91 Å². The number of methoxy groups -OCH3 is 1. The number of benzene rings is 1. The molecule has 5 heteroatoms. The normalized spacial score (nSPS) is 9.88. The predicted molar refractivity (Wildman–Crippen MR) is 72.7 cm³/mol. The van der Waals surface area contributed by atoms with Crippen molar-refractivity contribution >= 4 is 39.3 Å². The number of halogens is 1. The summed E-state index contributed by atoms with van der Waals surface area (Å²) in [6, 6.07) is 7.38. The zero-order valence-electron chi connectivity index (χ0n) is 9.03. The lowest BCUT2D eigenvalue weighted by Crippen LogP contribution is -2.15. The van der Waals surface area contributed by atoms with Crippen LogP contribution in [-0.4, -0.2) is 29.9 Å². The summed E-state index contributed by atoms with van der Waals surface area (Å²) in [6.07, 6.45) is 0. The van der Waals surface area contributed by atoms with Crippen LogP contribution in [0.3, 0.4) is 0 Å². The fourth-order valence-electron chi connectivity index (χ4n) is 1.15. The number of rotatable bonds is 6. The Balaban J connectivity index is 2.49. The number of para-hydroxylation sites is 2. The summed E-state index contributed by atoms with van der Waals surface area (Å²) in [6.45, 7) is 0. The summed E-state index contributed by atoms with van der Waals surface area (Å²) in [5, 5.41) is 3.72. The highest BCUT2D eigenvalue weighted by Crippen LogP contribution is 2.23. The molecule has 0 spiro atoms. The van der Waals surface area contributed by atoms with Gasteiger partial charge in [0, 0.05) is 11.1 Å². The number of nitrogens with one attached hydrogen (secondary N) is 1. The van der Waals surface area contributed by atoms with E-state index in [4.69, 9.17) is 4.74 Å². The highest BCUT2D eigenvalue weighted by molar-refractivity contribution is 9.09. The molecule has 16 heavy (non-hydrogen) atoms. The van der Waals surface area contributed by atoms with E-state index in [1.54, 1.807) is 18.9 Å². The molecular weight excluding hydrogens is 290 g/mol. The largest absolute Gasteiger partial charge is 0.495 e. The second-order valence-electron chi connectivity index (χ2n) is 2.99. The van der Waals surface area contributed by atoms with Gasteiger partial charge in [-0.2, -0.15) is 11.8 Å². The van der Waals surface area contributed by atoms with Crippen LogP contribution in [0.2, 0.25) is 0 Å². The van der Waals surface area contributed by atoms with E-state index in [-0.39, 0.29) is 5.91 Å². The molecule has 0 aliphatic rings. The summed E-state index contributed by atoms with van der Waals surface area (Å²) < 4.78 is 5.14. The van der Waals surface area contributed by atoms with Crippen molar-refractivity contribution in [1.29, 1.82) is 0 Å². The van der Waals surface area contributed by atoms with E-state index < -0.39 is 0 Å². The fraction of sp³-hybridized carbons (Fsp3) is 0.364. The lowest BCUT2D eigenvalue weighted by molar-refractivity contribution is -0.113. The van der Waals surface area contributed by atoms with Gasteiger partial charge in [-0.3, -0.25) is 4.79 Å². The van der Waals surface area contributed by atoms with E-state index in [0.717, 1.165) is 16.8 Å². The van der Waals surface area contributed by atoms with E-state index in [9.17, 15) is 4.79 Å². The van der Waals surface area contributed by atoms with Gasteiger partial charge in [-0.1, -0.05) is 28.1 Å². The molecule has 0 aliphatic heterocycles. The van der Waals surface area contributed by atoms with Gasteiger partial charge in [0.1, 0.15) is 5.75 Å². The van der Waals surface area contributed by atoms with Crippen LogP contribution in [0.5, 0.6) is 5.75 Å². The van der Waals surface area contributed by atoms with Gasteiger partial charge in [0.15, 0.2) is 0 Å². The van der Waals surface area contributed by atoms with E-state index >= 15 is 0 Å². The number of carbonyl (C=O) groups is 1. The zero-order valence-corrected chi connectivity index (χ0v) is 11.4. The molecule has 0 fully saturated rings. The molecule has 3 nitrogen and oxygen atoms in total. The van der Waals surface area contributed by atoms with Crippen molar-refractivity contribution in [3.63, 3.8) is 0 Å². The first-order valence-corrected chi connectivity index (χ1v) is 7.12. The number of hydrogen-bond donors (Lipinski definition) is 1. The molecule has 1 N–H and O–H groups in total. The van der Waals surface area contributed by atoms with Gasteiger partial charge in [0.05, 0.1) is 18.6 Å². The minimum absolute atomic E-state index is 0.00421. The van der Waals surface area contributed by atoms with Gasteiger partial charge in [-0.25, -0.2) is 0 Å². The first-order chi connectivity index (χ1) is 7.77. The van der Waals surface area contributed by atoms with Crippen molar-refractivity contribution in [2.24, 2.45) is 0 Å². The van der Waals surface area contributed by atoms with Crippen LogP contribution in [-0.2, 0) is 4.79 Å². The van der Waals surface area contributed by atoms with Gasteiger partial charge < -0.3 is 10.1 Å². The molecule has 0 aliphatic carbocycles. The third-order valence-corrected chi connectivity index (χ3v) is 3.72. The Kier molecular flexibility index (Phi) is 6.33. The highest BCUT2D eigenvalue weighted by Gasteiger charge is 2.06. The predicted octanol–water partition coefficient (Wildman–Crippen LogP) is 2.76. The second-order valence-corrected chi connectivity index (χ2v) is 4.89. The topological polar surface area (TPSA) is 38.3 Å². The lowest BCUT2D eigenvalue weighted by atomic mass is 10.3. The van der Waals surface area contributed by atoms with E-state index in [2.05, 4.69) is 21.2 Å². The number of alkyl halides is 1. The maximum absolute atomic E-state index is 11.6. The molecule has 0 bridgehead atoms. The number of thioether (sulfide) groups is 1. The SMILES string of the molecule is COc1ccccc1NC(=O)CSCCBr. The minimum atomic E-state index is -0.00421. The first-order valence-electron chi connectivity index (χ1n) is 4.84. The van der Waals surface area contributed by atoms with Crippen LogP contribution in [0, 0.1) is 0 Å². The summed E-state index contributed by atoms with van der Waals surface area (Å²) in [4.78, 5) is 11.6. The average Bonchev–Trinajstić information content (AvgIpc) is 2.30. The lowest BCUT2D eigenvalue weighted by Gasteiger charge is -2.09. The Labute approximate surface area is 108 Å². The molecule has 1 amide bonds. The summed E-state index contributed by atoms with van der Waals surface area (Å²) in [7, 11) is 1.59. The number of amides is 1. The van der Waals surface area contributed by atoms with E-state index in [1.165, 1.54) is 0 Å². The molecule has 88 valence electrons. The Morgan fingerprint density at radius 3 is 2.94 bits per heavy atom. The summed E-state index contributed by atoms with van der Waals surface area (Å²) >= 11 is 4.91.